The van der Waals surface area contributed by atoms with Crippen LogP contribution in [0.1, 0.15) is 22.6 Å². The van der Waals surface area contributed by atoms with Crippen LogP contribution in [-0.2, 0) is 4.79 Å². The number of nitrogens with zero attached hydrogens (tertiary/aromatic N) is 1. The first-order valence-electron chi connectivity index (χ1n) is 8.45. The lowest BCUT2D eigenvalue weighted by Gasteiger charge is -2.16. The smallest absolute Gasteiger partial charge is 0.252 e. The highest BCUT2D eigenvalue weighted by Gasteiger charge is 2.22. The lowest BCUT2D eigenvalue weighted by atomic mass is 9.91. The predicted octanol–water partition coefficient (Wildman–Crippen LogP) is 4.74. The van der Waals surface area contributed by atoms with Crippen molar-refractivity contribution in [2.75, 3.05) is 7.11 Å². The number of amides is 1. The van der Waals surface area contributed by atoms with E-state index in [1.54, 1.807) is 13.3 Å². The second-order valence-corrected chi connectivity index (χ2v) is 6.74. The number of halogens is 1. The van der Waals surface area contributed by atoms with Gasteiger partial charge in [-0.2, -0.15) is 5.10 Å². The fraction of sp³-hybridized carbons (Fsp3) is 0.0909. The topological polar surface area (TPSA) is 50.7 Å². The number of carbonyl (C=O) groups is 1. The first kappa shape index (κ1) is 18.9. The van der Waals surface area contributed by atoms with Gasteiger partial charge in [0.15, 0.2) is 0 Å². The lowest BCUT2D eigenvalue weighted by molar-refractivity contribution is -0.121. The van der Waals surface area contributed by atoms with Crippen LogP contribution in [0.4, 0.5) is 0 Å². The zero-order valence-electron chi connectivity index (χ0n) is 14.8. The molecule has 0 radical (unpaired) electrons. The van der Waals surface area contributed by atoms with Gasteiger partial charge in [-0.1, -0.05) is 60.7 Å². The molecule has 0 aliphatic carbocycles. The van der Waals surface area contributed by atoms with Crippen LogP contribution in [0, 0.1) is 0 Å². The Morgan fingerprint density at radius 1 is 1.00 bits per heavy atom. The van der Waals surface area contributed by atoms with Crippen LogP contribution in [0.25, 0.3) is 0 Å². The number of hydrazone groups is 1. The van der Waals surface area contributed by atoms with Crippen LogP contribution >= 0.6 is 15.9 Å². The Kier molecular flexibility index (Phi) is 6.39. The quantitative estimate of drug-likeness (QED) is 0.460. The third-order valence-electron chi connectivity index (χ3n) is 4.09. The summed E-state index contributed by atoms with van der Waals surface area (Å²) in [7, 11) is 1.61. The van der Waals surface area contributed by atoms with Crippen molar-refractivity contribution < 1.29 is 9.53 Å². The zero-order valence-corrected chi connectivity index (χ0v) is 16.4. The average Bonchev–Trinajstić information content (AvgIpc) is 2.70. The third kappa shape index (κ3) is 4.83. The van der Waals surface area contributed by atoms with Crippen LogP contribution in [-0.4, -0.2) is 19.2 Å². The molecule has 1 N–H and O–H groups in total. The van der Waals surface area contributed by atoms with E-state index in [4.69, 9.17) is 4.74 Å². The molecule has 0 aliphatic heterocycles. The molecule has 3 aromatic carbocycles. The molecular formula is C22H19BrN2O2. The fourth-order valence-electron chi connectivity index (χ4n) is 2.78. The van der Waals surface area contributed by atoms with Crippen molar-refractivity contribution in [2.24, 2.45) is 5.10 Å². The van der Waals surface area contributed by atoms with Crippen molar-refractivity contribution in [3.63, 3.8) is 0 Å². The first-order valence-corrected chi connectivity index (χ1v) is 9.24. The Morgan fingerprint density at radius 3 is 2.11 bits per heavy atom. The van der Waals surface area contributed by atoms with Gasteiger partial charge in [0.05, 0.1) is 23.7 Å². The summed E-state index contributed by atoms with van der Waals surface area (Å²) in [5, 5.41) is 4.12. The van der Waals surface area contributed by atoms with Crippen LogP contribution < -0.4 is 10.2 Å². The standard InChI is InChI=1S/C22H19BrN2O2/c1-27-20-13-12-16(14-19(20)23)15-24-25-22(26)21(17-8-4-2-5-9-17)18-10-6-3-7-11-18/h2-15,21H,1H3,(H,25,26). The van der Waals surface area contributed by atoms with Gasteiger partial charge < -0.3 is 4.74 Å². The molecule has 3 rings (SSSR count). The van der Waals surface area contributed by atoms with Crippen LogP contribution in [0.3, 0.4) is 0 Å². The lowest BCUT2D eigenvalue weighted by Crippen LogP contribution is -2.26. The summed E-state index contributed by atoms with van der Waals surface area (Å²) in [5.74, 6) is 0.132. The van der Waals surface area contributed by atoms with Crippen LogP contribution in [0.2, 0.25) is 0 Å². The largest absolute Gasteiger partial charge is 0.496 e. The van der Waals surface area contributed by atoms with E-state index in [-0.39, 0.29) is 5.91 Å². The van der Waals surface area contributed by atoms with E-state index in [0.29, 0.717) is 0 Å². The van der Waals surface area contributed by atoms with Gasteiger partial charge in [-0.05, 0) is 50.8 Å². The number of hydrogen-bond donors (Lipinski definition) is 1. The number of benzene rings is 3. The molecule has 4 nitrogen and oxygen atoms in total. The van der Waals surface area contributed by atoms with Gasteiger partial charge in [0.2, 0.25) is 0 Å². The Labute approximate surface area is 167 Å². The van der Waals surface area contributed by atoms with Crippen molar-refractivity contribution in [1.29, 1.82) is 0 Å². The zero-order chi connectivity index (χ0) is 19.1. The molecule has 0 unspecified atom stereocenters. The summed E-state index contributed by atoms with van der Waals surface area (Å²) in [6, 6.07) is 24.9. The molecule has 0 atom stereocenters. The van der Waals surface area contributed by atoms with Crippen molar-refractivity contribution in [1.82, 2.24) is 5.43 Å². The van der Waals surface area contributed by atoms with Crippen molar-refractivity contribution in [3.8, 4) is 5.75 Å². The monoisotopic (exact) mass is 422 g/mol. The predicted molar refractivity (Wildman–Crippen MR) is 111 cm³/mol. The third-order valence-corrected chi connectivity index (χ3v) is 4.71. The van der Waals surface area contributed by atoms with Crippen LogP contribution in [0.5, 0.6) is 5.75 Å². The van der Waals surface area contributed by atoms with Crippen molar-refractivity contribution in [3.05, 3.63) is 100 Å². The van der Waals surface area contributed by atoms with Crippen molar-refractivity contribution >= 4 is 28.1 Å². The van der Waals surface area contributed by atoms with Gasteiger partial charge in [0, 0.05) is 0 Å². The number of hydrogen-bond acceptors (Lipinski definition) is 3. The molecule has 0 aromatic heterocycles. The van der Waals surface area contributed by atoms with Gasteiger partial charge in [-0.15, -0.1) is 0 Å². The molecule has 0 saturated carbocycles. The van der Waals surface area contributed by atoms with Gasteiger partial charge in [0.1, 0.15) is 5.75 Å². The Balaban J connectivity index is 1.78. The molecule has 0 heterocycles. The molecule has 136 valence electrons. The molecule has 5 heteroatoms. The summed E-state index contributed by atoms with van der Waals surface area (Å²) in [5.41, 5.74) is 5.35. The number of ether oxygens (including phenoxy) is 1. The Morgan fingerprint density at radius 2 is 1.59 bits per heavy atom. The highest BCUT2D eigenvalue weighted by atomic mass is 79.9. The minimum absolute atomic E-state index is 0.184. The van der Waals surface area contributed by atoms with Gasteiger partial charge in [-0.3, -0.25) is 4.79 Å². The minimum atomic E-state index is -0.424. The van der Waals surface area contributed by atoms with Gasteiger partial charge in [-0.25, -0.2) is 5.43 Å². The molecule has 3 aromatic rings. The van der Waals surface area contributed by atoms with Crippen molar-refractivity contribution in [2.45, 2.75) is 5.92 Å². The highest BCUT2D eigenvalue weighted by molar-refractivity contribution is 9.10. The second-order valence-electron chi connectivity index (χ2n) is 5.88. The molecule has 0 aliphatic rings. The number of nitrogens with one attached hydrogen (secondary N) is 1. The van der Waals surface area contributed by atoms with E-state index in [1.165, 1.54) is 0 Å². The SMILES string of the molecule is COc1ccc(C=NNC(=O)C(c2ccccc2)c2ccccc2)cc1Br. The summed E-state index contributed by atoms with van der Waals surface area (Å²) in [4.78, 5) is 12.8. The summed E-state index contributed by atoms with van der Waals surface area (Å²) < 4.78 is 6.04. The van der Waals surface area contributed by atoms with E-state index in [9.17, 15) is 4.79 Å². The van der Waals surface area contributed by atoms with Gasteiger partial charge >= 0.3 is 0 Å². The number of rotatable bonds is 6. The maximum atomic E-state index is 12.8. The summed E-state index contributed by atoms with van der Waals surface area (Å²) in [6.45, 7) is 0. The molecule has 0 bridgehead atoms. The first-order chi connectivity index (χ1) is 13.2. The number of methoxy groups -OCH3 is 1. The highest BCUT2D eigenvalue weighted by Crippen LogP contribution is 2.26. The average molecular weight is 423 g/mol. The molecule has 0 saturated heterocycles. The number of carbonyl (C=O) groups excluding carboxylic acids is 1. The molecule has 27 heavy (non-hydrogen) atoms. The van der Waals surface area contributed by atoms with E-state index in [0.717, 1.165) is 26.9 Å². The fourth-order valence-corrected chi connectivity index (χ4v) is 3.34. The maximum absolute atomic E-state index is 12.8. The maximum Gasteiger partial charge on any atom is 0.252 e. The molecule has 0 spiro atoms. The van der Waals surface area contributed by atoms with E-state index in [2.05, 4.69) is 26.5 Å². The Bertz CT molecular complexity index is 888. The van der Waals surface area contributed by atoms with E-state index >= 15 is 0 Å². The van der Waals surface area contributed by atoms with E-state index in [1.807, 2.05) is 78.9 Å². The summed E-state index contributed by atoms with van der Waals surface area (Å²) in [6.07, 6.45) is 1.61. The minimum Gasteiger partial charge on any atom is -0.496 e. The van der Waals surface area contributed by atoms with Crippen LogP contribution in [0.15, 0.2) is 88.4 Å². The van der Waals surface area contributed by atoms with E-state index < -0.39 is 5.92 Å². The molecule has 1 amide bonds. The Hall–Kier alpha value is -2.92. The second kappa shape index (κ2) is 9.14. The molecule has 0 fully saturated rings. The van der Waals surface area contributed by atoms with Gasteiger partial charge in [0.25, 0.3) is 5.91 Å². The normalized spacial score (nSPS) is 10.9. The summed E-state index contributed by atoms with van der Waals surface area (Å²) >= 11 is 3.44. The molecular weight excluding hydrogens is 404 g/mol.